The van der Waals surface area contributed by atoms with Crippen LogP contribution in [0.15, 0.2) is 0 Å². The fraction of sp³-hybridized carbons (Fsp3) is 0.833. The Balaban J connectivity index is 2.34. The minimum Gasteiger partial charge on any atom is -0.481 e. The highest BCUT2D eigenvalue weighted by molar-refractivity contribution is 5.78. The number of carbonyl (C=O) groups excluding carboxylic acids is 1. The molecule has 0 saturated carbocycles. The van der Waals surface area contributed by atoms with Crippen molar-refractivity contribution in [2.45, 2.75) is 45.6 Å². The van der Waals surface area contributed by atoms with Crippen LogP contribution in [0, 0.1) is 5.41 Å². The number of nitrogens with one attached hydrogen (secondary N) is 2. The summed E-state index contributed by atoms with van der Waals surface area (Å²) in [5.41, 5.74) is -0.483. The van der Waals surface area contributed by atoms with Crippen molar-refractivity contribution < 1.29 is 14.7 Å². The predicted molar refractivity (Wildman–Crippen MR) is 64.7 cm³/mol. The van der Waals surface area contributed by atoms with Gasteiger partial charge in [0, 0.05) is 12.5 Å². The molecule has 1 saturated heterocycles. The minimum absolute atomic E-state index is 0.0205. The molecule has 0 aromatic rings. The van der Waals surface area contributed by atoms with Gasteiger partial charge in [0.1, 0.15) is 0 Å². The van der Waals surface area contributed by atoms with Gasteiger partial charge in [0.25, 0.3) is 0 Å². The first-order valence-corrected chi connectivity index (χ1v) is 6.11. The minimum atomic E-state index is -0.857. The summed E-state index contributed by atoms with van der Waals surface area (Å²) in [7, 11) is 0. The van der Waals surface area contributed by atoms with Crippen LogP contribution in [0.25, 0.3) is 0 Å². The maximum absolute atomic E-state index is 11.8. The molecule has 1 amide bonds. The number of carboxylic acid groups (broad SMARTS) is 1. The second kappa shape index (κ2) is 6.00. The number of aliphatic carboxylic acids is 1. The molecular weight excluding hydrogens is 220 g/mol. The lowest BCUT2D eigenvalue weighted by molar-refractivity contribution is -0.139. The van der Waals surface area contributed by atoms with E-state index in [4.69, 9.17) is 5.11 Å². The fourth-order valence-corrected chi connectivity index (χ4v) is 2.15. The highest BCUT2D eigenvalue weighted by Gasteiger charge is 2.26. The molecule has 0 atom stereocenters. The standard InChI is InChI=1S/C12H22N2O3/c1-12(2,8-11(16)17)7-10(15)14-9-3-5-13-6-4-9/h9,13H,3-8H2,1-2H3,(H,14,15)(H,16,17). The van der Waals surface area contributed by atoms with Gasteiger partial charge in [-0.2, -0.15) is 0 Å². The monoisotopic (exact) mass is 242 g/mol. The average Bonchev–Trinajstić information content (AvgIpc) is 2.15. The summed E-state index contributed by atoms with van der Waals surface area (Å²) in [4.78, 5) is 22.4. The Morgan fingerprint density at radius 3 is 2.41 bits per heavy atom. The quantitative estimate of drug-likeness (QED) is 0.664. The molecule has 1 aliphatic heterocycles. The molecule has 1 aliphatic rings. The molecule has 5 nitrogen and oxygen atoms in total. The number of amides is 1. The van der Waals surface area contributed by atoms with Gasteiger partial charge in [-0.05, 0) is 31.3 Å². The lowest BCUT2D eigenvalue weighted by Crippen LogP contribution is -2.43. The summed E-state index contributed by atoms with van der Waals surface area (Å²) in [6.45, 7) is 5.49. The maximum atomic E-state index is 11.8. The van der Waals surface area contributed by atoms with Crippen LogP contribution in [0.5, 0.6) is 0 Å². The summed E-state index contributed by atoms with van der Waals surface area (Å²) in [6.07, 6.45) is 2.19. The third-order valence-corrected chi connectivity index (χ3v) is 2.97. The summed E-state index contributed by atoms with van der Waals surface area (Å²) < 4.78 is 0. The predicted octanol–water partition coefficient (Wildman–Crippen LogP) is 0.746. The van der Waals surface area contributed by atoms with E-state index in [2.05, 4.69) is 10.6 Å². The lowest BCUT2D eigenvalue weighted by Gasteiger charge is -2.26. The zero-order valence-electron chi connectivity index (χ0n) is 10.6. The molecule has 98 valence electrons. The van der Waals surface area contributed by atoms with Crippen LogP contribution in [0.4, 0.5) is 0 Å². The molecule has 0 unspecified atom stereocenters. The molecule has 3 N–H and O–H groups in total. The Hall–Kier alpha value is -1.10. The third-order valence-electron chi connectivity index (χ3n) is 2.97. The summed E-state index contributed by atoms with van der Waals surface area (Å²) in [6, 6.07) is 0.240. The van der Waals surface area contributed by atoms with E-state index in [1.165, 1.54) is 0 Å². The van der Waals surface area contributed by atoms with Gasteiger partial charge in [0.05, 0.1) is 6.42 Å². The van der Waals surface area contributed by atoms with Crippen molar-refractivity contribution in [1.29, 1.82) is 0 Å². The van der Waals surface area contributed by atoms with Crippen molar-refractivity contribution >= 4 is 11.9 Å². The van der Waals surface area contributed by atoms with Gasteiger partial charge in [0.2, 0.25) is 5.91 Å². The topological polar surface area (TPSA) is 78.4 Å². The number of hydrogen-bond donors (Lipinski definition) is 3. The zero-order valence-corrected chi connectivity index (χ0v) is 10.6. The molecule has 0 aromatic carbocycles. The lowest BCUT2D eigenvalue weighted by atomic mass is 9.85. The van der Waals surface area contributed by atoms with E-state index in [1.54, 1.807) is 0 Å². The third kappa shape index (κ3) is 5.68. The van der Waals surface area contributed by atoms with Crippen LogP contribution in [0.2, 0.25) is 0 Å². The highest BCUT2D eigenvalue weighted by atomic mass is 16.4. The molecular formula is C12H22N2O3. The first-order valence-electron chi connectivity index (χ1n) is 6.11. The molecule has 1 heterocycles. The maximum Gasteiger partial charge on any atom is 0.303 e. The van der Waals surface area contributed by atoms with Crippen LogP contribution in [0.1, 0.15) is 39.5 Å². The molecule has 0 aliphatic carbocycles. The van der Waals surface area contributed by atoms with E-state index in [0.717, 1.165) is 25.9 Å². The number of rotatable bonds is 5. The van der Waals surface area contributed by atoms with E-state index in [1.807, 2.05) is 13.8 Å². The SMILES string of the molecule is CC(C)(CC(=O)O)CC(=O)NC1CCNCC1. The van der Waals surface area contributed by atoms with Gasteiger partial charge in [-0.1, -0.05) is 13.8 Å². The normalized spacial score (nSPS) is 17.8. The van der Waals surface area contributed by atoms with E-state index in [-0.39, 0.29) is 24.8 Å². The molecule has 0 aromatic heterocycles. The molecule has 17 heavy (non-hydrogen) atoms. The Kier molecular flexibility index (Phi) is 4.93. The fourth-order valence-electron chi connectivity index (χ4n) is 2.15. The molecule has 5 heteroatoms. The zero-order chi connectivity index (χ0) is 12.9. The van der Waals surface area contributed by atoms with Crippen molar-refractivity contribution in [2.24, 2.45) is 5.41 Å². The summed E-state index contributed by atoms with van der Waals surface area (Å²) >= 11 is 0. The number of carbonyl (C=O) groups is 2. The second-order valence-electron chi connectivity index (χ2n) is 5.50. The van der Waals surface area contributed by atoms with E-state index in [9.17, 15) is 9.59 Å². The molecule has 1 fully saturated rings. The van der Waals surface area contributed by atoms with E-state index < -0.39 is 11.4 Å². The molecule has 0 spiro atoms. The van der Waals surface area contributed by atoms with Gasteiger partial charge in [-0.3, -0.25) is 9.59 Å². The van der Waals surface area contributed by atoms with Crippen molar-refractivity contribution in [3.8, 4) is 0 Å². The van der Waals surface area contributed by atoms with Crippen molar-refractivity contribution in [2.75, 3.05) is 13.1 Å². The first kappa shape index (κ1) is 14.0. The first-order chi connectivity index (χ1) is 7.89. The van der Waals surface area contributed by atoms with Crippen LogP contribution in [0.3, 0.4) is 0 Å². The van der Waals surface area contributed by atoms with Crippen LogP contribution >= 0.6 is 0 Å². The highest BCUT2D eigenvalue weighted by Crippen LogP contribution is 2.24. The number of piperidine rings is 1. The number of carboxylic acids is 1. The largest absolute Gasteiger partial charge is 0.481 e. The Labute approximate surface area is 102 Å². The number of hydrogen-bond acceptors (Lipinski definition) is 3. The van der Waals surface area contributed by atoms with Crippen molar-refractivity contribution in [1.82, 2.24) is 10.6 Å². The van der Waals surface area contributed by atoms with Gasteiger partial charge in [0.15, 0.2) is 0 Å². The molecule has 0 radical (unpaired) electrons. The van der Waals surface area contributed by atoms with Crippen LogP contribution < -0.4 is 10.6 Å². The van der Waals surface area contributed by atoms with Crippen molar-refractivity contribution in [3.63, 3.8) is 0 Å². The Morgan fingerprint density at radius 2 is 1.88 bits per heavy atom. The molecule has 0 bridgehead atoms. The molecule has 1 rings (SSSR count). The summed E-state index contributed by atoms with van der Waals surface area (Å²) in [5, 5.41) is 15.0. The average molecular weight is 242 g/mol. The van der Waals surface area contributed by atoms with Crippen LogP contribution in [-0.4, -0.2) is 36.1 Å². The smallest absolute Gasteiger partial charge is 0.303 e. The van der Waals surface area contributed by atoms with Gasteiger partial charge in [-0.15, -0.1) is 0 Å². The van der Waals surface area contributed by atoms with Crippen molar-refractivity contribution in [3.05, 3.63) is 0 Å². The van der Waals surface area contributed by atoms with E-state index >= 15 is 0 Å². The van der Waals surface area contributed by atoms with Gasteiger partial charge < -0.3 is 15.7 Å². The second-order valence-corrected chi connectivity index (χ2v) is 5.50. The Bertz CT molecular complexity index is 283. The van der Waals surface area contributed by atoms with E-state index in [0.29, 0.717) is 0 Å². The van der Waals surface area contributed by atoms with Gasteiger partial charge in [-0.25, -0.2) is 0 Å². The Morgan fingerprint density at radius 1 is 1.29 bits per heavy atom. The summed E-state index contributed by atoms with van der Waals surface area (Å²) in [5.74, 6) is -0.896. The van der Waals surface area contributed by atoms with Gasteiger partial charge >= 0.3 is 5.97 Å². The van der Waals surface area contributed by atoms with Crippen LogP contribution in [-0.2, 0) is 9.59 Å².